The van der Waals surface area contributed by atoms with Crippen LogP contribution in [0.5, 0.6) is 0 Å². The van der Waals surface area contributed by atoms with Crippen molar-refractivity contribution in [3.8, 4) is 0 Å². The quantitative estimate of drug-likeness (QED) is 0.901. The molecule has 1 atom stereocenters. The number of anilines is 1. The van der Waals surface area contributed by atoms with Crippen LogP contribution in [-0.2, 0) is 12.7 Å². The fourth-order valence-electron chi connectivity index (χ4n) is 3.23. The largest absolute Gasteiger partial charge is 0.382 e. The van der Waals surface area contributed by atoms with Gasteiger partial charge in [-0.05, 0) is 31.4 Å². The minimum atomic E-state index is -1.69. The molecule has 1 saturated heterocycles. The summed E-state index contributed by atoms with van der Waals surface area (Å²) < 4.78 is 17.1. The predicted octanol–water partition coefficient (Wildman–Crippen LogP) is 2.46. The number of alkyl halides is 1. The predicted molar refractivity (Wildman–Crippen MR) is 89.5 cm³/mol. The Hall–Kier alpha value is -2.15. The van der Waals surface area contributed by atoms with E-state index in [4.69, 9.17) is 17.3 Å². The molecule has 2 N–H and O–H groups in total. The number of halogens is 2. The number of nitrogens with two attached hydrogens (primary N) is 1. The van der Waals surface area contributed by atoms with E-state index in [0.717, 1.165) is 0 Å². The normalized spacial score (nSPS) is 21.1. The Morgan fingerprint density at radius 3 is 2.88 bits per heavy atom. The molecule has 1 aliphatic heterocycles. The number of hydrogen-bond acceptors (Lipinski definition) is 4. The topological polar surface area (TPSA) is 77.0 Å². The molecule has 3 heterocycles. The molecule has 2 aromatic rings. The van der Waals surface area contributed by atoms with E-state index in [1.807, 2.05) is 0 Å². The lowest BCUT2D eigenvalue weighted by atomic mass is 9.88. The van der Waals surface area contributed by atoms with E-state index in [1.165, 1.54) is 15.8 Å². The van der Waals surface area contributed by atoms with Crippen molar-refractivity contribution in [2.45, 2.75) is 25.4 Å². The van der Waals surface area contributed by atoms with E-state index >= 15 is 4.39 Å². The lowest BCUT2D eigenvalue weighted by molar-refractivity contribution is 0.0302. The molecule has 1 amide bonds. The summed E-state index contributed by atoms with van der Waals surface area (Å²) >= 11 is 5.91. The third-order valence-electron chi connectivity index (χ3n) is 4.29. The van der Waals surface area contributed by atoms with Crippen LogP contribution < -0.4 is 5.73 Å². The number of nitrogen functional groups attached to an aromatic ring is 1. The van der Waals surface area contributed by atoms with E-state index in [9.17, 15) is 4.79 Å². The second kappa shape index (κ2) is 6.05. The van der Waals surface area contributed by atoms with Crippen molar-refractivity contribution in [1.29, 1.82) is 0 Å². The Morgan fingerprint density at radius 2 is 2.25 bits per heavy atom. The van der Waals surface area contributed by atoms with Crippen LogP contribution in [0.3, 0.4) is 0 Å². The summed E-state index contributed by atoms with van der Waals surface area (Å²) in [6.45, 7) is 2.19. The lowest BCUT2D eigenvalue weighted by Crippen LogP contribution is -2.47. The Labute approximate surface area is 144 Å². The van der Waals surface area contributed by atoms with E-state index in [1.54, 1.807) is 26.2 Å². The van der Waals surface area contributed by atoms with Gasteiger partial charge in [-0.3, -0.25) is 14.5 Å². The number of carbonyl (C=O) groups is 1. The molecule has 0 radical (unpaired) electrons. The molecule has 0 aliphatic carbocycles. The van der Waals surface area contributed by atoms with Crippen molar-refractivity contribution in [3.63, 3.8) is 0 Å². The first-order valence-electron chi connectivity index (χ1n) is 7.70. The molecule has 0 saturated carbocycles. The average molecular weight is 352 g/mol. The van der Waals surface area contributed by atoms with E-state index in [2.05, 4.69) is 10.1 Å². The van der Waals surface area contributed by atoms with Gasteiger partial charge in [-0.15, -0.1) is 0 Å². The standard InChI is InChI=1S/C16H19ClFN5O/c1-10-6-11(17)7-20-13(10)16(18)4-3-5-23(9-16)15(24)12-8-22(2)21-14(12)19/h6-8H,3-5,9H2,1-2H3,(H2,19,21). The van der Waals surface area contributed by atoms with Crippen molar-refractivity contribution in [1.82, 2.24) is 19.7 Å². The van der Waals surface area contributed by atoms with Crippen LogP contribution in [0.15, 0.2) is 18.5 Å². The molecule has 0 spiro atoms. The zero-order chi connectivity index (χ0) is 17.5. The van der Waals surface area contributed by atoms with Crippen molar-refractivity contribution in [3.05, 3.63) is 40.3 Å². The van der Waals surface area contributed by atoms with Gasteiger partial charge in [-0.2, -0.15) is 5.10 Å². The summed E-state index contributed by atoms with van der Waals surface area (Å²) in [5, 5.41) is 4.44. The Kier molecular flexibility index (Phi) is 4.21. The Morgan fingerprint density at radius 1 is 1.50 bits per heavy atom. The summed E-state index contributed by atoms with van der Waals surface area (Å²) in [7, 11) is 1.68. The number of aryl methyl sites for hydroxylation is 2. The maximum atomic E-state index is 15.6. The molecule has 8 heteroatoms. The molecule has 1 aliphatic rings. The number of rotatable bonds is 2. The first-order chi connectivity index (χ1) is 11.3. The highest BCUT2D eigenvalue weighted by atomic mass is 35.5. The molecular weight excluding hydrogens is 333 g/mol. The molecule has 1 fully saturated rings. The number of nitrogens with zero attached hydrogens (tertiary/aromatic N) is 4. The van der Waals surface area contributed by atoms with Crippen molar-refractivity contribution in [2.24, 2.45) is 7.05 Å². The number of pyridine rings is 1. The SMILES string of the molecule is Cc1cc(Cl)cnc1C1(F)CCCN(C(=O)c2cn(C)nc2N)C1. The van der Waals surface area contributed by atoms with Crippen LogP contribution in [0.25, 0.3) is 0 Å². The van der Waals surface area contributed by atoms with Gasteiger partial charge in [0, 0.05) is 26.0 Å². The molecule has 0 aromatic carbocycles. The van der Waals surface area contributed by atoms with Gasteiger partial charge in [0.2, 0.25) is 0 Å². The third-order valence-corrected chi connectivity index (χ3v) is 4.49. The molecule has 2 aromatic heterocycles. The molecule has 1 unspecified atom stereocenters. The van der Waals surface area contributed by atoms with Crippen LogP contribution in [-0.4, -0.2) is 38.7 Å². The minimum absolute atomic E-state index is 0.0599. The van der Waals surface area contributed by atoms with Gasteiger partial charge in [0.1, 0.15) is 5.56 Å². The summed E-state index contributed by atoms with van der Waals surface area (Å²) in [4.78, 5) is 18.3. The number of carbonyl (C=O) groups excluding carboxylic acids is 1. The molecule has 6 nitrogen and oxygen atoms in total. The zero-order valence-corrected chi connectivity index (χ0v) is 14.3. The van der Waals surface area contributed by atoms with Crippen LogP contribution in [0, 0.1) is 6.92 Å². The third kappa shape index (κ3) is 2.96. The first kappa shape index (κ1) is 16.7. The lowest BCUT2D eigenvalue weighted by Gasteiger charge is -2.37. The smallest absolute Gasteiger partial charge is 0.259 e. The second-order valence-electron chi connectivity index (χ2n) is 6.22. The monoisotopic (exact) mass is 351 g/mol. The number of piperidine rings is 1. The van der Waals surface area contributed by atoms with E-state index < -0.39 is 5.67 Å². The van der Waals surface area contributed by atoms with Gasteiger partial charge in [0.25, 0.3) is 5.91 Å². The van der Waals surface area contributed by atoms with E-state index in [-0.39, 0.29) is 18.3 Å². The molecular formula is C16H19ClFN5O. The number of hydrogen-bond donors (Lipinski definition) is 1. The zero-order valence-electron chi connectivity index (χ0n) is 13.6. The fourth-order valence-corrected chi connectivity index (χ4v) is 3.44. The second-order valence-corrected chi connectivity index (χ2v) is 6.65. The van der Waals surface area contributed by atoms with Crippen molar-refractivity contribution < 1.29 is 9.18 Å². The van der Waals surface area contributed by atoms with Crippen LogP contribution in [0.4, 0.5) is 10.2 Å². The molecule has 0 bridgehead atoms. The summed E-state index contributed by atoms with van der Waals surface area (Å²) in [5.74, 6) is -0.160. The van der Waals surface area contributed by atoms with Gasteiger partial charge in [0.05, 0.1) is 17.3 Å². The minimum Gasteiger partial charge on any atom is -0.382 e. The Balaban J connectivity index is 1.88. The maximum absolute atomic E-state index is 15.6. The first-order valence-corrected chi connectivity index (χ1v) is 8.08. The highest BCUT2D eigenvalue weighted by molar-refractivity contribution is 6.30. The van der Waals surface area contributed by atoms with Gasteiger partial charge >= 0.3 is 0 Å². The van der Waals surface area contributed by atoms with Crippen molar-refractivity contribution >= 4 is 23.3 Å². The van der Waals surface area contributed by atoms with Crippen LogP contribution in [0.1, 0.15) is 34.5 Å². The van der Waals surface area contributed by atoms with Gasteiger partial charge < -0.3 is 10.6 Å². The molecule has 128 valence electrons. The van der Waals surface area contributed by atoms with Gasteiger partial charge in [0.15, 0.2) is 11.5 Å². The van der Waals surface area contributed by atoms with Gasteiger partial charge in [-0.1, -0.05) is 11.6 Å². The summed E-state index contributed by atoms with van der Waals surface area (Å²) in [6.07, 6.45) is 3.85. The highest BCUT2D eigenvalue weighted by Crippen LogP contribution is 2.37. The Bertz CT molecular complexity index is 793. The maximum Gasteiger partial charge on any atom is 0.259 e. The highest BCUT2D eigenvalue weighted by Gasteiger charge is 2.41. The summed E-state index contributed by atoms with van der Waals surface area (Å²) in [6, 6.07) is 1.69. The average Bonchev–Trinajstić information content (AvgIpc) is 2.84. The van der Waals surface area contributed by atoms with Crippen LogP contribution in [0.2, 0.25) is 5.02 Å². The number of aromatic nitrogens is 3. The van der Waals surface area contributed by atoms with Crippen LogP contribution >= 0.6 is 11.6 Å². The summed E-state index contributed by atoms with van der Waals surface area (Å²) in [5.41, 5.74) is 5.38. The number of amides is 1. The molecule has 3 rings (SSSR count). The number of likely N-dealkylation sites (tertiary alicyclic amines) is 1. The fraction of sp³-hybridized carbons (Fsp3) is 0.438. The van der Waals surface area contributed by atoms with E-state index in [0.29, 0.717) is 41.2 Å². The van der Waals surface area contributed by atoms with Gasteiger partial charge in [-0.25, -0.2) is 4.39 Å². The van der Waals surface area contributed by atoms with Crippen molar-refractivity contribution in [2.75, 3.05) is 18.8 Å². The molecule has 24 heavy (non-hydrogen) atoms.